The SMILES string of the molecule is O=C(Nc1ccc(S(=O)(=O)Nc2nccs2)cc1)C1CCN(C(=O)c2ccccc2Cl)CC1. The zero-order valence-corrected chi connectivity index (χ0v) is 19.8. The zero-order chi connectivity index (χ0) is 23.4. The summed E-state index contributed by atoms with van der Waals surface area (Å²) in [6, 6.07) is 12.9. The van der Waals surface area contributed by atoms with Crippen LogP contribution in [-0.4, -0.2) is 43.2 Å². The van der Waals surface area contributed by atoms with Crippen LogP contribution in [0.2, 0.25) is 5.02 Å². The number of piperidine rings is 1. The number of amides is 2. The predicted molar refractivity (Wildman–Crippen MR) is 128 cm³/mol. The Morgan fingerprint density at radius 1 is 1.06 bits per heavy atom. The number of rotatable bonds is 6. The van der Waals surface area contributed by atoms with Crippen LogP contribution in [0.4, 0.5) is 10.8 Å². The van der Waals surface area contributed by atoms with Crippen molar-refractivity contribution >= 4 is 55.6 Å². The summed E-state index contributed by atoms with van der Waals surface area (Å²) >= 11 is 7.31. The minimum atomic E-state index is -3.75. The van der Waals surface area contributed by atoms with Crippen LogP contribution in [0, 0.1) is 5.92 Å². The lowest BCUT2D eigenvalue weighted by Crippen LogP contribution is -2.41. The molecule has 0 saturated carbocycles. The maximum atomic E-state index is 12.7. The topological polar surface area (TPSA) is 108 Å². The number of hydrogen-bond acceptors (Lipinski definition) is 6. The Kier molecular flexibility index (Phi) is 6.96. The molecule has 0 radical (unpaired) electrons. The van der Waals surface area contributed by atoms with Gasteiger partial charge in [-0.15, -0.1) is 11.3 Å². The van der Waals surface area contributed by atoms with Gasteiger partial charge in [-0.2, -0.15) is 0 Å². The first-order valence-corrected chi connectivity index (χ1v) is 12.9. The van der Waals surface area contributed by atoms with E-state index in [0.717, 1.165) is 0 Å². The van der Waals surface area contributed by atoms with Gasteiger partial charge in [0, 0.05) is 36.3 Å². The quantitative estimate of drug-likeness (QED) is 0.525. The van der Waals surface area contributed by atoms with Gasteiger partial charge in [0.1, 0.15) is 0 Å². The summed E-state index contributed by atoms with van der Waals surface area (Å²) in [6.07, 6.45) is 2.58. The zero-order valence-electron chi connectivity index (χ0n) is 17.4. The molecule has 11 heteroatoms. The summed E-state index contributed by atoms with van der Waals surface area (Å²) in [6.45, 7) is 0.920. The van der Waals surface area contributed by atoms with Crippen molar-refractivity contribution in [1.82, 2.24) is 9.88 Å². The van der Waals surface area contributed by atoms with Crippen LogP contribution in [0.3, 0.4) is 0 Å². The van der Waals surface area contributed by atoms with Crippen LogP contribution in [0.1, 0.15) is 23.2 Å². The lowest BCUT2D eigenvalue weighted by atomic mass is 9.95. The van der Waals surface area contributed by atoms with E-state index in [-0.39, 0.29) is 27.8 Å². The molecular weight excluding hydrogens is 484 g/mol. The van der Waals surface area contributed by atoms with E-state index >= 15 is 0 Å². The molecule has 2 aromatic carbocycles. The first kappa shape index (κ1) is 23.2. The van der Waals surface area contributed by atoms with E-state index in [1.807, 2.05) is 0 Å². The molecule has 1 saturated heterocycles. The van der Waals surface area contributed by atoms with Crippen LogP contribution in [0.5, 0.6) is 0 Å². The van der Waals surface area contributed by atoms with Crippen molar-refractivity contribution in [2.24, 2.45) is 5.92 Å². The van der Waals surface area contributed by atoms with E-state index in [9.17, 15) is 18.0 Å². The Labute approximate surface area is 200 Å². The number of nitrogens with zero attached hydrogens (tertiary/aromatic N) is 2. The molecule has 0 atom stereocenters. The van der Waals surface area contributed by atoms with E-state index in [4.69, 9.17) is 11.6 Å². The molecule has 1 aliphatic rings. The number of carbonyl (C=O) groups excluding carboxylic acids is 2. The normalized spacial score (nSPS) is 14.6. The molecule has 172 valence electrons. The molecule has 2 N–H and O–H groups in total. The third-order valence-corrected chi connectivity index (χ3v) is 7.85. The summed E-state index contributed by atoms with van der Waals surface area (Å²) in [5.41, 5.74) is 0.962. The van der Waals surface area contributed by atoms with Crippen molar-refractivity contribution < 1.29 is 18.0 Å². The minimum Gasteiger partial charge on any atom is -0.339 e. The number of anilines is 2. The predicted octanol–water partition coefficient (Wildman–Crippen LogP) is 4.09. The molecule has 0 bridgehead atoms. The number of nitrogens with one attached hydrogen (secondary N) is 2. The van der Waals surface area contributed by atoms with Crippen LogP contribution < -0.4 is 10.0 Å². The van der Waals surface area contributed by atoms with E-state index in [1.54, 1.807) is 46.7 Å². The lowest BCUT2D eigenvalue weighted by molar-refractivity contribution is -0.121. The molecule has 8 nitrogen and oxygen atoms in total. The van der Waals surface area contributed by atoms with Gasteiger partial charge in [-0.05, 0) is 49.2 Å². The van der Waals surface area contributed by atoms with Gasteiger partial charge >= 0.3 is 0 Å². The average molecular weight is 505 g/mol. The summed E-state index contributed by atoms with van der Waals surface area (Å²) < 4.78 is 27.2. The standard InChI is InChI=1S/C22H21ClN4O4S2/c23-19-4-2-1-3-18(19)21(29)27-12-9-15(10-13-27)20(28)25-16-5-7-17(8-6-16)33(30,31)26-22-24-11-14-32-22/h1-8,11,14-15H,9-10,12-13H2,(H,24,26)(H,25,28). The monoisotopic (exact) mass is 504 g/mol. The maximum Gasteiger partial charge on any atom is 0.263 e. The van der Waals surface area contributed by atoms with Gasteiger partial charge in [0.25, 0.3) is 15.9 Å². The number of sulfonamides is 1. The Bertz CT molecular complexity index is 1240. The van der Waals surface area contributed by atoms with Crippen molar-refractivity contribution in [3.63, 3.8) is 0 Å². The second kappa shape index (κ2) is 9.90. The fraction of sp³-hybridized carbons (Fsp3) is 0.227. The second-order valence-corrected chi connectivity index (χ2v) is 10.5. The van der Waals surface area contributed by atoms with Crippen molar-refractivity contribution in [2.75, 3.05) is 23.1 Å². The van der Waals surface area contributed by atoms with Gasteiger partial charge in [0.15, 0.2) is 5.13 Å². The smallest absolute Gasteiger partial charge is 0.263 e. The molecule has 1 aromatic heterocycles. The molecule has 3 aromatic rings. The van der Waals surface area contributed by atoms with E-state index in [0.29, 0.717) is 42.2 Å². The van der Waals surface area contributed by atoms with E-state index in [1.165, 1.54) is 29.7 Å². The number of carbonyl (C=O) groups is 2. The van der Waals surface area contributed by atoms with Crippen LogP contribution in [-0.2, 0) is 14.8 Å². The number of aromatic nitrogens is 1. The van der Waals surface area contributed by atoms with Gasteiger partial charge in [0.2, 0.25) is 5.91 Å². The van der Waals surface area contributed by atoms with Crippen LogP contribution in [0.15, 0.2) is 65.0 Å². The summed E-state index contributed by atoms with van der Waals surface area (Å²) in [4.78, 5) is 31.1. The Morgan fingerprint density at radius 2 is 1.76 bits per heavy atom. The third kappa shape index (κ3) is 5.52. The number of thiazole rings is 1. The fourth-order valence-corrected chi connectivity index (χ4v) is 5.56. The van der Waals surface area contributed by atoms with Gasteiger partial charge in [-0.3, -0.25) is 14.3 Å². The van der Waals surface area contributed by atoms with Crippen molar-refractivity contribution in [1.29, 1.82) is 0 Å². The van der Waals surface area contributed by atoms with Gasteiger partial charge in [0.05, 0.1) is 15.5 Å². The molecule has 4 rings (SSSR count). The molecule has 2 heterocycles. The number of halogens is 1. The van der Waals surface area contributed by atoms with Crippen molar-refractivity contribution in [3.8, 4) is 0 Å². The fourth-order valence-electron chi connectivity index (χ4n) is 3.56. The minimum absolute atomic E-state index is 0.0714. The second-order valence-electron chi connectivity index (χ2n) is 7.50. The third-order valence-electron chi connectivity index (χ3n) is 5.34. The Balaban J connectivity index is 1.32. The summed E-state index contributed by atoms with van der Waals surface area (Å²) in [5.74, 6) is -0.533. The van der Waals surface area contributed by atoms with E-state index in [2.05, 4.69) is 15.0 Å². The lowest BCUT2D eigenvalue weighted by Gasteiger charge is -2.31. The molecule has 1 fully saturated rings. The highest BCUT2D eigenvalue weighted by Gasteiger charge is 2.28. The Hall–Kier alpha value is -2.95. The highest BCUT2D eigenvalue weighted by molar-refractivity contribution is 7.93. The van der Waals surface area contributed by atoms with Crippen LogP contribution in [0.25, 0.3) is 0 Å². The van der Waals surface area contributed by atoms with Gasteiger partial charge in [-0.1, -0.05) is 23.7 Å². The van der Waals surface area contributed by atoms with Crippen LogP contribution >= 0.6 is 22.9 Å². The maximum absolute atomic E-state index is 12.7. The molecule has 0 unspecified atom stereocenters. The van der Waals surface area contributed by atoms with Gasteiger partial charge in [-0.25, -0.2) is 13.4 Å². The van der Waals surface area contributed by atoms with Crippen molar-refractivity contribution in [2.45, 2.75) is 17.7 Å². The number of likely N-dealkylation sites (tertiary alicyclic amines) is 1. The first-order valence-electron chi connectivity index (χ1n) is 10.2. The highest BCUT2D eigenvalue weighted by Crippen LogP contribution is 2.24. The Morgan fingerprint density at radius 3 is 2.39 bits per heavy atom. The summed E-state index contributed by atoms with van der Waals surface area (Å²) in [7, 11) is -3.75. The molecule has 0 spiro atoms. The first-order chi connectivity index (χ1) is 15.8. The highest BCUT2D eigenvalue weighted by atomic mass is 35.5. The number of benzene rings is 2. The number of hydrogen-bond donors (Lipinski definition) is 2. The molecule has 0 aliphatic carbocycles. The molecule has 2 amide bonds. The van der Waals surface area contributed by atoms with E-state index < -0.39 is 10.0 Å². The average Bonchev–Trinajstić information content (AvgIpc) is 3.32. The largest absolute Gasteiger partial charge is 0.339 e. The summed E-state index contributed by atoms with van der Waals surface area (Å²) in [5, 5.41) is 5.20. The van der Waals surface area contributed by atoms with Gasteiger partial charge < -0.3 is 10.2 Å². The molecular formula is C22H21ClN4O4S2. The molecule has 33 heavy (non-hydrogen) atoms. The van der Waals surface area contributed by atoms with Crippen molar-refractivity contribution in [3.05, 3.63) is 70.7 Å². The molecule has 1 aliphatic heterocycles.